The lowest BCUT2D eigenvalue weighted by atomic mass is 10.1. The number of hydrogen-bond acceptors (Lipinski definition) is 4. The fourth-order valence-electron chi connectivity index (χ4n) is 1.80. The minimum Gasteiger partial charge on any atom is -0.355 e. The van der Waals surface area contributed by atoms with Crippen LogP contribution in [0.1, 0.15) is 58.3 Å². The lowest BCUT2D eigenvalue weighted by Gasteiger charge is -2.22. The van der Waals surface area contributed by atoms with Crippen LogP contribution in [0.4, 0.5) is 0 Å². The fourth-order valence-corrected chi connectivity index (χ4v) is 3.12. The van der Waals surface area contributed by atoms with Gasteiger partial charge in [-0.1, -0.05) is 63.0 Å². The first-order valence-corrected chi connectivity index (χ1v) is 8.81. The van der Waals surface area contributed by atoms with Gasteiger partial charge in [-0.15, -0.1) is 0 Å². The molecule has 0 saturated heterocycles. The second-order valence-electron chi connectivity index (χ2n) is 4.69. The molecule has 0 saturated carbocycles. The molecule has 0 aromatic rings. The first kappa shape index (κ1) is 19.2. The van der Waals surface area contributed by atoms with Gasteiger partial charge in [0.15, 0.2) is 0 Å². The van der Waals surface area contributed by atoms with Crippen LogP contribution in [0.5, 0.6) is 0 Å². The monoisotopic (exact) mass is 311 g/mol. The van der Waals surface area contributed by atoms with E-state index in [9.17, 15) is 0 Å². The number of rotatable bonds is 11. The minimum absolute atomic E-state index is 0.461. The van der Waals surface area contributed by atoms with E-state index in [0.29, 0.717) is 25.9 Å². The second-order valence-corrected chi connectivity index (χ2v) is 6.41. The number of thiocarbonyl (C=S) groups is 1. The summed E-state index contributed by atoms with van der Waals surface area (Å²) in [5.74, 6) is 1.04. The van der Waals surface area contributed by atoms with Crippen LogP contribution < -0.4 is 0 Å². The van der Waals surface area contributed by atoms with E-state index < -0.39 is 0 Å². The van der Waals surface area contributed by atoms with Crippen molar-refractivity contribution in [2.75, 3.05) is 18.8 Å². The molecule has 0 N–H and O–H groups in total. The van der Waals surface area contributed by atoms with Crippen molar-refractivity contribution in [2.45, 2.75) is 58.3 Å². The second kappa shape index (κ2) is 14.6. The Labute approximate surface area is 133 Å². The number of hydrogen-bond donors (Lipinski definition) is 0. The molecule has 0 amide bonds. The highest BCUT2D eigenvalue weighted by Crippen LogP contribution is 2.14. The summed E-state index contributed by atoms with van der Waals surface area (Å²) >= 11 is 7.08. The molecular formula is C15H25N3S2. The lowest BCUT2D eigenvalue weighted by molar-refractivity contribution is 0.451. The summed E-state index contributed by atoms with van der Waals surface area (Å²) in [6.45, 7) is 3.51. The Balaban J connectivity index is 3.77. The van der Waals surface area contributed by atoms with Crippen LogP contribution in [-0.4, -0.2) is 28.1 Å². The maximum Gasteiger partial charge on any atom is 0.136 e. The third kappa shape index (κ3) is 11.1. The number of unbranched alkanes of at least 4 members (excludes halogenated alkanes) is 5. The molecule has 0 aromatic carbocycles. The van der Waals surface area contributed by atoms with Gasteiger partial charge in [-0.3, -0.25) is 0 Å². The maximum absolute atomic E-state index is 8.65. The van der Waals surface area contributed by atoms with Crippen LogP contribution >= 0.6 is 24.0 Å². The lowest BCUT2D eigenvalue weighted by Crippen LogP contribution is -2.29. The standard InChI is InChI=1S/C15H25N3S2/c1-2-3-4-5-6-7-14-20-15(19)18(12-8-10-16)13-9-11-17/h2-9,12-14H2,1H3. The van der Waals surface area contributed by atoms with Gasteiger partial charge in [-0.25, -0.2) is 0 Å². The highest BCUT2D eigenvalue weighted by molar-refractivity contribution is 8.22. The summed E-state index contributed by atoms with van der Waals surface area (Å²) in [6, 6.07) is 4.26. The van der Waals surface area contributed by atoms with Crippen molar-refractivity contribution in [3.05, 3.63) is 0 Å². The predicted octanol–water partition coefficient (Wildman–Crippen LogP) is 4.49. The molecule has 0 bridgehead atoms. The number of nitrogens with zero attached hydrogens (tertiary/aromatic N) is 3. The van der Waals surface area contributed by atoms with E-state index in [4.69, 9.17) is 22.7 Å². The molecule has 20 heavy (non-hydrogen) atoms. The average molecular weight is 312 g/mol. The van der Waals surface area contributed by atoms with E-state index in [1.807, 2.05) is 4.90 Å². The van der Waals surface area contributed by atoms with Crippen LogP contribution in [0.15, 0.2) is 0 Å². The predicted molar refractivity (Wildman–Crippen MR) is 90.5 cm³/mol. The van der Waals surface area contributed by atoms with Gasteiger partial charge in [0.2, 0.25) is 0 Å². The van der Waals surface area contributed by atoms with Gasteiger partial charge in [-0.2, -0.15) is 10.5 Å². The van der Waals surface area contributed by atoms with Crippen molar-refractivity contribution in [3.63, 3.8) is 0 Å². The Morgan fingerprint density at radius 2 is 1.55 bits per heavy atom. The van der Waals surface area contributed by atoms with Crippen LogP contribution in [0.25, 0.3) is 0 Å². The van der Waals surface area contributed by atoms with Crippen molar-refractivity contribution in [1.29, 1.82) is 10.5 Å². The smallest absolute Gasteiger partial charge is 0.136 e. The van der Waals surface area contributed by atoms with E-state index in [2.05, 4.69) is 19.1 Å². The van der Waals surface area contributed by atoms with Crippen LogP contribution in [0, 0.1) is 22.7 Å². The summed E-state index contributed by atoms with van der Waals surface area (Å²) in [5.41, 5.74) is 0. The molecule has 0 atom stereocenters. The molecule has 112 valence electrons. The third-order valence-electron chi connectivity index (χ3n) is 2.97. The van der Waals surface area contributed by atoms with Gasteiger partial charge in [0.1, 0.15) is 4.32 Å². The fraction of sp³-hybridized carbons (Fsp3) is 0.800. The molecule has 0 heterocycles. The van der Waals surface area contributed by atoms with E-state index in [1.165, 1.54) is 38.5 Å². The number of nitriles is 2. The van der Waals surface area contributed by atoms with Crippen molar-refractivity contribution in [3.8, 4) is 12.1 Å². The normalized spacial score (nSPS) is 9.75. The molecular weight excluding hydrogens is 286 g/mol. The molecule has 0 rings (SSSR count). The topological polar surface area (TPSA) is 50.8 Å². The van der Waals surface area contributed by atoms with Crippen LogP contribution in [-0.2, 0) is 0 Å². The molecule has 0 unspecified atom stereocenters. The van der Waals surface area contributed by atoms with Crippen molar-refractivity contribution in [1.82, 2.24) is 4.90 Å². The van der Waals surface area contributed by atoms with Gasteiger partial charge in [0, 0.05) is 18.8 Å². The van der Waals surface area contributed by atoms with Gasteiger partial charge in [0.25, 0.3) is 0 Å². The summed E-state index contributed by atoms with van der Waals surface area (Å²) < 4.78 is 0.837. The Morgan fingerprint density at radius 1 is 1.00 bits per heavy atom. The van der Waals surface area contributed by atoms with E-state index in [-0.39, 0.29) is 0 Å². The molecule has 0 aliphatic carbocycles. The Morgan fingerprint density at radius 3 is 2.10 bits per heavy atom. The Kier molecular flexibility index (Phi) is 14.1. The molecule has 0 fully saturated rings. The largest absolute Gasteiger partial charge is 0.355 e. The van der Waals surface area contributed by atoms with Crippen molar-refractivity contribution < 1.29 is 0 Å². The SMILES string of the molecule is CCCCCCCCSC(=S)N(CCC#N)CCC#N. The zero-order valence-corrected chi connectivity index (χ0v) is 14.1. The zero-order chi connectivity index (χ0) is 15.1. The molecule has 0 aliphatic heterocycles. The summed E-state index contributed by atoms with van der Waals surface area (Å²) in [7, 11) is 0. The number of thioether (sulfide) groups is 1. The highest BCUT2D eigenvalue weighted by atomic mass is 32.2. The summed E-state index contributed by atoms with van der Waals surface area (Å²) in [6.07, 6.45) is 8.65. The Hall–Kier alpha value is -0.780. The van der Waals surface area contributed by atoms with Crippen molar-refractivity contribution in [2.24, 2.45) is 0 Å². The quantitative estimate of drug-likeness (QED) is 0.415. The highest BCUT2D eigenvalue weighted by Gasteiger charge is 2.09. The molecule has 0 spiro atoms. The molecule has 5 heteroatoms. The molecule has 3 nitrogen and oxygen atoms in total. The van der Waals surface area contributed by atoms with Crippen LogP contribution in [0.2, 0.25) is 0 Å². The average Bonchev–Trinajstić information content (AvgIpc) is 2.46. The van der Waals surface area contributed by atoms with Gasteiger partial charge < -0.3 is 4.90 Å². The molecule has 0 radical (unpaired) electrons. The first-order valence-electron chi connectivity index (χ1n) is 7.41. The van der Waals surface area contributed by atoms with E-state index in [1.54, 1.807) is 11.8 Å². The van der Waals surface area contributed by atoms with Crippen molar-refractivity contribution >= 4 is 28.3 Å². The summed E-state index contributed by atoms with van der Waals surface area (Å²) in [5, 5.41) is 17.3. The Bertz CT molecular complexity index is 313. The first-order chi connectivity index (χ1) is 9.76. The van der Waals surface area contributed by atoms with Gasteiger partial charge in [0.05, 0.1) is 25.0 Å². The van der Waals surface area contributed by atoms with Gasteiger partial charge >= 0.3 is 0 Å². The van der Waals surface area contributed by atoms with E-state index >= 15 is 0 Å². The summed E-state index contributed by atoms with van der Waals surface area (Å²) in [4.78, 5) is 1.99. The molecule has 0 aliphatic rings. The third-order valence-corrected chi connectivity index (χ3v) is 4.58. The zero-order valence-electron chi connectivity index (χ0n) is 12.4. The van der Waals surface area contributed by atoms with E-state index in [0.717, 1.165) is 10.1 Å². The van der Waals surface area contributed by atoms with Gasteiger partial charge in [-0.05, 0) is 6.42 Å². The van der Waals surface area contributed by atoms with Crippen LogP contribution in [0.3, 0.4) is 0 Å². The molecule has 0 aromatic heterocycles. The maximum atomic E-state index is 8.65. The minimum atomic E-state index is 0.461.